The van der Waals surface area contributed by atoms with Crippen molar-refractivity contribution in [3.63, 3.8) is 0 Å². The van der Waals surface area contributed by atoms with Crippen LogP contribution in [0, 0.1) is 0 Å². The van der Waals surface area contributed by atoms with Crippen LogP contribution in [0.3, 0.4) is 0 Å². The van der Waals surface area contributed by atoms with Gasteiger partial charge in [-0.2, -0.15) is 0 Å². The van der Waals surface area contributed by atoms with Crippen molar-refractivity contribution < 1.29 is 10.2 Å². The molecule has 0 aromatic carbocycles. The fourth-order valence-electron chi connectivity index (χ4n) is 2.19. The van der Waals surface area contributed by atoms with Crippen molar-refractivity contribution >= 4 is 0 Å². The molecule has 4 N–H and O–H groups in total. The van der Waals surface area contributed by atoms with Gasteiger partial charge in [-0.3, -0.25) is 0 Å². The van der Waals surface area contributed by atoms with E-state index in [1.807, 2.05) is 12.2 Å². The summed E-state index contributed by atoms with van der Waals surface area (Å²) in [7, 11) is 0. The Kier molecular flexibility index (Phi) is 13.2. The molecule has 0 aliphatic carbocycles. The molecule has 3 nitrogen and oxygen atoms in total. The van der Waals surface area contributed by atoms with Gasteiger partial charge in [0.15, 0.2) is 0 Å². The average Bonchev–Trinajstić information content (AvgIpc) is 2.55. The maximum absolute atomic E-state index is 9.18. The van der Waals surface area contributed by atoms with E-state index in [-0.39, 0.29) is 13.2 Å². The third-order valence-corrected chi connectivity index (χ3v) is 3.97. The Bertz CT molecular complexity index is 330. The summed E-state index contributed by atoms with van der Waals surface area (Å²) in [6.45, 7) is 5.63. The molecule has 0 saturated carbocycles. The van der Waals surface area contributed by atoms with Crippen molar-refractivity contribution in [3.8, 4) is 0 Å². The molecule has 0 aromatic heterocycles. The number of hydrogen-bond acceptors (Lipinski definition) is 3. The molecule has 3 heteroatoms. The zero-order chi connectivity index (χ0) is 16.7. The van der Waals surface area contributed by atoms with Gasteiger partial charge in [0.25, 0.3) is 0 Å². The third kappa shape index (κ3) is 10.8. The Balaban J connectivity index is 3.95. The zero-order valence-corrected chi connectivity index (χ0v) is 14.3. The quantitative estimate of drug-likeness (QED) is 0.337. The number of nitrogens with two attached hydrogens (primary N) is 1. The van der Waals surface area contributed by atoms with Crippen LogP contribution in [-0.2, 0) is 0 Å². The fourth-order valence-corrected chi connectivity index (χ4v) is 2.19. The Labute approximate surface area is 136 Å². The highest BCUT2D eigenvalue weighted by atomic mass is 16.3. The maximum atomic E-state index is 9.18. The van der Waals surface area contributed by atoms with E-state index in [1.165, 1.54) is 38.5 Å². The van der Waals surface area contributed by atoms with Crippen molar-refractivity contribution in [2.24, 2.45) is 5.73 Å². The first kappa shape index (κ1) is 21.1. The van der Waals surface area contributed by atoms with Crippen molar-refractivity contribution in [2.45, 2.75) is 70.3 Å². The van der Waals surface area contributed by atoms with E-state index in [0.717, 1.165) is 12.0 Å². The van der Waals surface area contributed by atoms with Crippen LogP contribution in [0.5, 0.6) is 0 Å². The molecule has 0 heterocycles. The number of rotatable bonds is 14. The standard InChI is InChI=1S/C19H35NO2/c1-3-5-6-7-8-9-10-11-12-13-18(4-2)14-15-19(20,16-21)17-22/h4,11-13,21-22H,2-3,5-10,14-17,20H2,1H3/b12-11+,18-13+. The van der Waals surface area contributed by atoms with E-state index in [4.69, 9.17) is 5.73 Å². The van der Waals surface area contributed by atoms with Crippen LogP contribution >= 0.6 is 0 Å². The van der Waals surface area contributed by atoms with Gasteiger partial charge in [0.1, 0.15) is 0 Å². The first-order chi connectivity index (χ1) is 10.6. The number of aliphatic hydroxyl groups is 2. The molecule has 0 aliphatic rings. The summed E-state index contributed by atoms with van der Waals surface area (Å²) in [5.41, 5.74) is 6.05. The van der Waals surface area contributed by atoms with Crippen LogP contribution in [0.2, 0.25) is 0 Å². The molecule has 0 aliphatic heterocycles. The smallest absolute Gasteiger partial charge is 0.0633 e. The summed E-state index contributed by atoms with van der Waals surface area (Å²) < 4.78 is 0. The van der Waals surface area contributed by atoms with Crippen LogP contribution in [0.25, 0.3) is 0 Å². The molecule has 0 aromatic rings. The lowest BCUT2D eigenvalue weighted by molar-refractivity contribution is 0.115. The molecule has 0 spiro atoms. The monoisotopic (exact) mass is 309 g/mol. The molecular weight excluding hydrogens is 274 g/mol. The minimum absolute atomic E-state index is 0.207. The summed E-state index contributed by atoms with van der Waals surface area (Å²) in [6, 6.07) is 0. The molecular formula is C19H35NO2. The van der Waals surface area contributed by atoms with E-state index in [0.29, 0.717) is 12.8 Å². The molecule has 0 fully saturated rings. The van der Waals surface area contributed by atoms with Crippen LogP contribution in [0.15, 0.2) is 36.5 Å². The molecule has 0 radical (unpaired) electrons. The topological polar surface area (TPSA) is 66.5 Å². The summed E-state index contributed by atoms with van der Waals surface area (Å²) in [6.07, 6.45) is 18.4. The number of hydrogen-bond donors (Lipinski definition) is 3. The second-order valence-corrected chi connectivity index (χ2v) is 6.11. The first-order valence-electron chi connectivity index (χ1n) is 8.60. The predicted molar refractivity (Wildman–Crippen MR) is 95.7 cm³/mol. The number of allylic oxidation sites excluding steroid dienone is 5. The van der Waals surface area contributed by atoms with E-state index in [9.17, 15) is 10.2 Å². The Morgan fingerprint density at radius 1 is 1.09 bits per heavy atom. The minimum Gasteiger partial charge on any atom is -0.394 e. The largest absolute Gasteiger partial charge is 0.394 e. The first-order valence-corrected chi connectivity index (χ1v) is 8.60. The van der Waals surface area contributed by atoms with Gasteiger partial charge in [-0.15, -0.1) is 0 Å². The molecule has 0 saturated heterocycles. The van der Waals surface area contributed by atoms with E-state index in [1.54, 1.807) is 0 Å². The van der Waals surface area contributed by atoms with Gasteiger partial charge >= 0.3 is 0 Å². The van der Waals surface area contributed by atoms with E-state index < -0.39 is 5.54 Å². The Morgan fingerprint density at radius 2 is 1.73 bits per heavy atom. The number of aliphatic hydroxyl groups excluding tert-OH is 2. The van der Waals surface area contributed by atoms with Crippen LogP contribution < -0.4 is 5.73 Å². The second-order valence-electron chi connectivity index (χ2n) is 6.11. The highest BCUT2D eigenvalue weighted by molar-refractivity contribution is 5.22. The molecule has 0 atom stereocenters. The molecule has 0 rings (SSSR count). The van der Waals surface area contributed by atoms with Gasteiger partial charge in [-0.25, -0.2) is 0 Å². The molecule has 128 valence electrons. The van der Waals surface area contributed by atoms with Crippen molar-refractivity contribution in [1.82, 2.24) is 0 Å². The van der Waals surface area contributed by atoms with Crippen molar-refractivity contribution in [2.75, 3.05) is 13.2 Å². The lowest BCUT2D eigenvalue weighted by atomic mass is 9.93. The normalized spacial score (nSPS) is 13.0. The van der Waals surface area contributed by atoms with Crippen LogP contribution in [-0.4, -0.2) is 29.0 Å². The van der Waals surface area contributed by atoms with Gasteiger partial charge in [-0.05, 0) is 31.3 Å². The Morgan fingerprint density at radius 3 is 2.32 bits per heavy atom. The second kappa shape index (κ2) is 13.7. The zero-order valence-electron chi connectivity index (χ0n) is 14.3. The van der Waals surface area contributed by atoms with Gasteiger partial charge in [0.2, 0.25) is 0 Å². The lowest BCUT2D eigenvalue weighted by Crippen LogP contribution is -2.47. The lowest BCUT2D eigenvalue weighted by Gasteiger charge is -2.24. The van der Waals surface area contributed by atoms with E-state index in [2.05, 4.69) is 25.7 Å². The van der Waals surface area contributed by atoms with Gasteiger partial charge in [0, 0.05) is 0 Å². The van der Waals surface area contributed by atoms with Crippen molar-refractivity contribution in [3.05, 3.63) is 36.5 Å². The molecule has 0 bridgehead atoms. The van der Waals surface area contributed by atoms with Crippen LogP contribution in [0.4, 0.5) is 0 Å². The Hall–Kier alpha value is -0.900. The van der Waals surface area contributed by atoms with Gasteiger partial charge in [-0.1, -0.05) is 69.9 Å². The average molecular weight is 309 g/mol. The summed E-state index contributed by atoms with van der Waals surface area (Å²) >= 11 is 0. The molecule has 0 amide bonds. The summed E-state index contributed by atoms with van der Waals surface area (Å²) in [5.74, 6) is 0. The number of unbranched alkanes of at least 4 members (excludes halogenated alkanes) is 6. The SMILES string of the molecule is C=C/C(=C\C=C\CCCCCCCC)CCC(N)(CO)CO. The minimum atomic E-state index is -0.899. The molecule has 22 heavy (non-hydrogen) atoms. The molecule has 0 unspecified atom stereocenters. The van der Waals surface area contributed by atoms with Crippen LogP contribution in [0.1, 0.15) is 64.7 Å². The maximum Gasteiger partial charge on any atom is 0.0633 e. The predicted octanol–water partition coefficient (Wildman–Crippen LogP) is 3.87. The summed E-state index contributed by atoms with van der Waals surface area (Å²) in [4.78, 5) is 0. The van der Waals surface area contributed by atoms with Crippen molar-refractivity contribution in [1.29, 1.82) is 0 Å². The highest BCUT2D eigenvalue weighted by Gasteiger charge is 2.22. The van der Waals surface area contributed by atoms with Gasteiger partial charge in [0.05, 0.1) is 18.8 Å². The van der Waals surface area contributed by atoms with Gasteiger partial charge < -0.3 is 15.9 Å². The highest BCUT2D eigenvalue weighted by Crippen LogP contribution is 2.15. The third-order valence-electron chi connectivity index (χ3n) is 3.97. The van der Waals surface area contributed by atoms with E-state index >= 15 is 0 Å². The fraction of sp³-hybridized carbons (Fsp3) is 0.684. The summed E-state index contributed by atoms with van der Waals surface area (Å²) in [5, 5.41) is 18.4.